The number of carbonyl (C=O) groups is 2. The van der Waals surface area contributed by atoms with Crippen molar-refractivity contribution in [2.75, 3.05) is 19.4 Å². The van der Waals surface area contributed by atoms with Gasteiger partial charge >= 0.3 is 6.03 Å². The third kappa shape index (κ3) is 3.73. The summed E-state index contributed by atoms with van der Waals surface area (Å²) in [7, 11) is -3.34. The zero-order valence-corrected chi connectivity index (χ0v) is 16.7. The summed E-state index contributed by atoms with van der Waals surface area (Å²) in [5.74, 6) is 0.298. The summed E-state index contributed by atoms with van der Waals surface area (Å²) in [6, 6.07) is 12.9. The molecule has 7 nitrogen and oxygen atoms in total. The van der Waals surface area contributed by atoms with Gasteiger partial charge in [0, 0.05) is 6.26 Å². The molecule has 1 heterocycles. The van der Waals surface area contributed by atoms with Crippen LogP contribution in [0.3, 0.4) is 0 Å². The van der Waals surface area contributed by atoms with E-state index in [1.54, 1.807) is 19.1 Å². The third-order valence-electron chi connectivity index (χ3n) is 4.80. The summed E-state index contributed by atoms with van der Waals surface area (Å²) in [5.41, 5.74) is 0.228. The van der Waals surface area contributed by atoms with Gasteiger partial charge in [0.05, 0.1) is 11.4 Å². The fourth-order valence-corrected chi connectivity index (χ4v) is 3.73. The number of urea groups is 1. The molecule has 0 radical (unpaired) electrons. The molecular weight excluding hydrogens is 380 g/mol. The first-order chi connectivity index (χ1) is 13.1. The molecule has 1 saturated heterocycles. The lowest BCUT2D eigenvalue weighted by Gasteiger charge is -2.22. The Balaban J connectivity index is 1.72. The summed E-state index contributed by atoms with van der Waals surface area (Å²) in [6.45, 7) is 3.80. The van der Waals surface area contributed by atoms with E-state index in [4.69, 9.17) is 4.74 Å². The topological polar surface area (TPSA) is 92.8 Å². The monoisotopic (exact) mass is 402 g/mol. The quantitative estimate of drug-likeness (QED) is 0.748. The van der Waals surface area contributed by atoms with Gasteiger partial charge in [-0.2, -0.15) is 0 Å². The summed E-state index contributed by atoms with van der Waals surface area (Å²) >= 11 is 0. The Labute approximate surface area is 164 Å². The molecule has 2 aromatic carbocycles. The highest BCUT2D eigenvalue weighted by Gasteiger charge is 2.48. The van der Waals surface area contributed by atoms with Crippen LogP contribution in [0, 0.1) is 6.92 Å². The van der Waals surface area contributed by atoms with Crippen LogP contribution in [0.15, 0.2) is 53.4 Å². The molecule has 28 heavy (non-hydrogen) atoms. The molecule has 0 spiro atoms. The number of sulfone groups is 1. The maximum Gasteiger partial charge on any atom is 0.325 e. The Morgan fingerprint density at radius 3 is 2.32 bits per heavy atom. The van der Waals surface area contributed by atoms with Crippen LogP contribution >= 0.6 is 0 Å². The van der Waals surface area contributed by atoms with Gasteiger partial charge in [-0.25, -0.2) is 13.2 Å². The molecule has 0 aliphatic carbocycles. The normalized spacial score (nSPS) is 19.6. The first kappa shape index (κ1) is 19.9. The van der Waals surface area contributed by atoms with Gasteiger partial charge in [0.2, 0.25) is 0 Å². The van der Waals surface area contributed by atoms with Crippen LogP contribution in [0.2, 0.25) is 0 Å². The van der Waals surface area contributed by atoms with Crippen LogP contribution in [0.5, 0.6) is 5.75 Å². The largest absolute Gasteiger partial charge is 0.491 e. The molecule has 0 bridgehead atoms. The van der Waals surface area contributed by atoms with E-state index in [-0.39, 0.29) is 18.0 Å². The van der Waals surface area contributed by atoms with E-state index in [2.05, 4.69) is 5.32 Å². The number of aryl methyl sites for hydroxylation is 1. The van der Waals surface area contributed by atoms with Crippen molar-refractivity contribution in [3.63, 3.8) is 0 Å². The second-order valence-electron chi connectivity index (χ2n) is 6.92. The van der Waals surface area contributed by atoms with Crippen molar-refractivity contribution in [2.24, 2.45) is 0 Å². The minimum atomic E-state index is -3.34. The Kier molecular flexibility index (Phi) is 5.16. The Hall–Kier alpha value is -2.87. The molecule has 0 unspecified atom stereocenters. The highest BCUT2D eigenvalue weighted by atomic mass is 32.2. The van der Waals surface area contributed by atoms with Crippen molar-refractivity contribution in [2.45, 2.75) is 24.3 Å². The fraction of sp³-hybridized carbons (Fsp3) is 0.300. The SMILES string of the molecule is Cc1ccccc1OCCN1C(=O)N[C@@](C)(c2ccc(S(C)(=O)=O)cc2)C1=O. The number of benzene rings is 2. The number of amides is 3. The lowest BCUT2D eigenvalue weighted by molar-refractivity contribution is -0.131. The third-order valence-corrected chi connectivity index (χ3v) is 5.93. The number of imide groups is 1. The number of nitrogens with one attached hydrogen (secondary N) is 1. The number of nitrogens with zero attached hydrogens (tertiary/aromatic N) is 1. The first-order valence-electron chi connectivity index (χ1n) is 8.76. The highest BCUT2D eigenvalue weighted by molar-refractivity contribution is 7.90. The second-order valence-corrected chi connectivity index (χ2v) is 8.94. The maximum absolute atomic E-state index is 12.9. The number of hydrogen-bond donors (Lipinski definition) is 1. The fourth-order valence-electron chi connectivity index (χ4n) is 3.10. The summed E-state index contributed by atoms with van der Waals surface area (Å²) < 4.78 is 28.9. The summed E-state index contributed by atoms with van der Waals surface area (Å²) in [6.07, 6.45) is 1.11. The van der Waals surface area contributed by atoms with Crippen molar-refractivity contribution < 1.29 is 22.7 Å². The van der Waals surface area contributed by atoms with Gasteiger partial charge < -0.3 is 10.1 Å². The van der Waals surface area contributed by atoms with Crippen molar-refractivity contribution >= 4 is 21.8 Å². The van der Waals surface area contributed by atoms with E-state index in [9.17, 15) is 18.0 Å². The van der Waals surface area contributed by atoms with Gasteiger partial charge in [-0.05, 0) is 43.2 Å². The number of rotatable bonds is 6. The van der Waals surface area contributed by atoms with E-state index >= 15 is 0 Å². The van der Waals surface area contributed by atoms with Crippen LogP contribution in [-0.2, 0) is 20.2 Å². The van der Waals surface area contributed by atoms with Crippen molar-refractivity contribution in [1.29, 1.82) is 0 Å². The van der Waals surface area contributed by atoms with Gasteiger partial charge in [0.15, 0.2) is 9.84 Å². The number of para-hydroxylation sites is 1. The van der Waals surface area contributed by atoms with E-state index < -0.39 is 27.3 Å². The van der Waals surface area contributed by atoms with E-state index in [1.807, 2.05) is 31.2 Å². The molecule has 2 aromatic rings. The Morgan fingerprint density at radius 2 is 1.71 bits per heavy atom. The lowest BCUT2D eigenvalue weighted by atomic mass is 9.92. The molecule has 3 rings (SSSR count). The van der Waals surface area contributed by atoms with Crippen LogP contribution in [0.25, 0.3) is 0 Å². The molecule has 1 fully saturated rings. The minimum Gasteiger partial charge on any atom is -0.491 e. The molecular formula is C20H22N2O5S. The van der Waals surface area contributed by atoms with Gasteiger partial charge in [0.25, 0.3) is 5.91 Å². The minimum absolute atomic E-state index is 0.107. The smallest absolute Gasteiger partial charge is 0.325 e. The zero-order chi connectivity index (χ0) is 20.5. The Morgan fingerprint density at radius 1 is 1.07 bits per heavy atom. The predicted octanol–water partition coefficient (Wildman–Crippen LogP) is 2.24. The molecule has 1 N–H and O–H groups in total. The van der Waals surface area contributed by atoms with Gasteiger partial charge in [0.1, 0.15) is 17.9 Å². The van der Waals surface area contributed by atoms with Gasteiger partial charge in [-0.1, -0.05) is 30.3 Å². The molecule has 8 heteroatoms. The predicted molar refractivity (Wildman–Crippen MR) is 104 cm³/mol. The Bertz CT molecular complexity index is 1020. The molecule has 1 aliphatic rings. The molecule has 148 valence electrons. The van der Waals surface area contributed by atoms with Crippen molar-refractivity contribution in [1.82, 2.24) is 10.2 Å². The second kappa shape index (κ2) is 7.27. The molecule has 1 aliphatic heterocycles. The highest BCUT2D eigenvalue weighted by Crippen LogP contribution is 2.29. The van der Waals surface area contributed by atoms with Crippen molar-refractivity contribution in [3.05, 3.63) is 59.7 Å². The first-order valence-corrected chi connectivity index (χ1v) is 10.7. The molecule has 3 amide bonds. The zero-order valence-electron chi connectivity index (χ0n) is 15.9. The van der Waals surface area contributed by atoms with E-state index in [0.717, 1.165) is 16.7 Å². The van der Waals surface area contributed by atoms with Crippen LogP contribution < -0.4 is 10.1 Å². The molecule has 1 atom stereocenters. The van der Waals surface area contributed by atoms with Crippen LogP contribution in [-0.4, -0.2) is 44.7 Å². The number of hydrogen-bond acceptors (Lipinski definition) is 5. The summed E-state index contributed by atoms with van der Waals surface area (Å²) in [5, 5.41) is 2.70. The number of ether oxygens (including phenoxy) is 1. The molecule has 0 aromatic heterocycles. The van der Waals surface area contributed by atoms with Gasteiger partial charge in [-0.3, -0.25) is 9.69 Å². The maximum atomic E-state index is 12.9. The van der Waals surface area contributed by atoms with Crippen LogP contribution in [0.1, 0.15) is 18.1 Å². The van der Waals surface area contributed by atoms with Crippen molar-refractivity contribution in [3.8, 4) is 5.75 Å². The standard InChI is InChI=1S/C20H22N2O5S/c1-14-6-4-5-7-17(14)27-13-12-22-18(23)20(2,21-19(22)24)15-8-10-16(11-9-15)28(3,25)26/h4-11H,12-13H2,1-3H3,(H,21,24)/t20-/m0/s1. The van der Waals surface area contributed by atoms with Gasteiger partial charge in [-0.15, -0.1) is 0 Å². The van der Waals surface area contributed by atoms with Crippen LogP contribution in [0.4, 0.5) is 4.79 Å². The van der Waals surface area contributed by atoms with E-state index in [1.165, 1.54) is 12.1 Å². The average molecular weight is 402 g/mol. The molecule has 0 saturated carbocycles. The summed E-state index contributed by atoms with van der Waals surface area (Å²) in [4.78, 5) is 26.5. The van der Waals surface area contributed by atoms with E-state index in [0.29, 0.717) is 11.3 Å². The lowest BCUT2D eigenvalue weighted by Crippen LogP contribution is -2.41. The number of carbonyl (C=O) groups excluding carboxylic acids is 2. The average Bonchev–Trinajstić information content (AvgIpc) is 2.86.